The summed E-state index contributed by atoms with van der Waals surface area (Å²) in [6.45, 7) is 17.0. The van der Waals surface area contributed by atoms with Gasteiger partial charge in [0, 0.05) is 12.8 Å². The predicted molar refractivity (Wildman–Crippen MR) is 172 cm³/mol. The lowest BCUT2D eigenvalue weighted by atomic mass is 9.87. The van der Waals surface area contributed by atoms with Gasteiger partial charge < -0.3 is 21.1 Å². The highest BCUT2D eigenvalue weighted by Crippen LogP contribution is 2.25. The molecule has 0 heterocycles. The number of hydrogen-bond donors (Lipinski definition) is 5. The van der Waals surface area contributed by atoms with Gasteiger partial charge in [0.1, 0.15) is 12.1 Å². The molecule has 0 spiro atoms. The number of imide groups is 1. The lowest BCUT2D eigenvalue weighted by molar-refractivity contribution is -0.134. The van der Waals surface area contributed by atoms with Crippen molar-refractivity contribution >= 4 is 29.5 Å². The number of hydrogen-bond acceptors (Lipinski definition) is 6. The quantitative estimate of drug-likeness (QED) is 0.169. The molecule has 0 saturated heterocycles. The van der Waals surface area contributed by atoms with Crippen molar-refractivity contribution in [2.45, 2.75) is 125 Å². The van der Waals surface area contributed by atoms with Crippen LogP contribution in [0.2, 0.25) is 0 Å². The molecule has 10 heteroatoms. The monoisotopic (exact) mass is 616 g/mol. The molecule has 5 amide bonds. The number of nitrogens with one attached hydrogen (secondary N) is 4. The first-order valence-corrected chi connectivity index (χ1v) is 16.0. The first kappa shape index (κ1) is 38.8. The Balaban J connectivity index is 3.12. The van der Waals surface area contributed by atoms with Crippen LogP contribution in [0.15, 0.2) is 30.3 Å². The Labute approximate surface area is 263 Å². The van der Waals surface area contributed by atoms with E-state index in [0.717, 1.165) is 0 Å². The van der Waals surface area contributed by atoms with Crippen LogP contribution in [0.25, 0.3) is 0 Å². The highest BCUT2D eigenvalue weighted by atomic mass is 16.3. The van der Waals surface area contributed by atoms with Crippen LogP contribution < -0.4 is 21.3 Å². The number of amides is 5. The molecule has 0 aliphatic heterocycles. The number of carbonyl (C=O) groups excluding carboxylic acids is 5. The first-order valence-electron chi connectivity index (χ1n) is 16.0. The average molecular weight is 617 g/mol. The lowest BCUT2D eigenvalue weighted by Crippen LogP contribution is -2.55. The summed E-state index contributed by atoms with van der Waals surface area (Å²) in [5.74, 6) is -2.54. The fourth-order valence-corrected chi connectivity index (χ4v) is 4.82. The molecule has 10 nitrogen and oxygen atoms in total. The van der Waals surface area contributed by atoms with Gasteiger partial charge >= 0.3 is 0 Å². The van der Waals surface area contributed by atoms with Gasteiger partial charge in [0.25, 0.3) is 0 Å². The van der Waals surface area contributed by atoms with E-state index in [9.17, 15) is 29.1 Å². The third kappa shape index (κ3) is 14.5. The molecular weight excluding hydrogens is 560 g/mol. The zero-order valence-electron chi connectivity index (χ0n) is 28.1. The average Bonchev–Trinajstić information content (AvgIpc) is 2.92. The summed E-state index contributed by atoms with van der Waals surface area (Å²) >= 11 is 0. The van der Waals surface area contributed by atoms with Gasteiger partial charge in [-0.15, -0.1) is 0 Å². The third-order valence-corrected chi connectivity index (χ3v) is 7.34. The van der Waals surface area contributed by atoms with Crippen LogP contribution in [-0.2, 0) is 24.0 Å². The van der Waals surface area contributed by atoms with Crippen molar-refractivity contribution in [2.75, 3.05) is 0 Å². The van der Waals surface area contributed by atoms with E-state index in [1.54, 1.807) is 24.3 Å². The van der Waals surface area contributed by atoms with E-state index in [0.29, 0.717) is 30.7 Å². The molecule has 44 heavy (non-hydrogen) atoms. The third-order valence-electron chi connectivity index (χ3n) is 7.34. The van der Waals surface area contributed by atoms with Crippen LogP contribution in [0.3, 0.4) is 0 Å². The van der Waals surface area contributed by atoms with Gasteiger partial charge in [0.05, 0.1) is 18.1 Å². The van der Waals surface area contributed by atoms with Crippen LogP contribution in [0.4, 0.5) is 0 Å². The molecule has 0 aromatic heterocycles. The van der Waals surface area contributed by atoms with Gasteiger partial charge in [0.15, 0.2) is 0 Å². The second-order valence-corrected chi connectivity index (χ2v) is 13.5. The summed E-state index contributed by atoms with van der Waals surface area (Å²) in [6.07, 6.45) is 0.456. The molecule has 1 unspecified atom stereocenters. The first-order chi connectivity index (χ1) is 20.5. The smallest absolute Gasteiger partial charge is 0.248 e. The van der Waals surface area contributed by atoms with Crippen LogP contribution in [0, 0.1) is 23.7 Å². The largest absolute Gasteiger partial charge is 0.391 e. The molecule has 1 rings (SSSR count). The highest BCUT2D eigenvalue weighted by Gasteiger charge is 2.33. The second kappa shape index (κ2) is 19.2. The molecular formula is C34H56N4O6. The van der Waals surface area contributed by atoms with Crippen LogP contribution >= 0.6 is 0 Å². The summed E-state index contributed by atoms with van der Waals surface area (Å²) in [4.78, 5) is 64.2. The number of carbonyl (C=O) groups is 5. The maximum atomic E-state index is 13.5. The van der Waals surface area contributed by atoms with E-state index >= 15 is 0 Å². The molecule has 1 aromatic rings. The molecule has 1 aromatic carbocycles. The van der Waals surface area contributed by atoms with Crippen LogP contribution in [-0.4, -0.2) is 58.9 Å². The molecule has 5 N–H and O–H groups in total. The fourth-order valence-electron chi connectivity index (χ4n) is 4.82. The Morgan fingerprint density at radius 2 is 1.30 bits per heavy atom. The van der Waals surface area contributed by atoms with Crippen molar-refractivity contribution in [1.82, 2.24) is 21.3 Å². The molecule has 0 bridgehead atoms. The molecule has 5 atom stereocenters. The van der Waals surface area contributed by atoms with Gasteiger partial charge in [-0.25, -0.2) is 0 Å². The SMILES string of the molecule is CC(C)CCC(=O)NC(=O)[C@H](C)NC(=O)[C@@H](CC(O)[C@@H](CC(C)C)NC(=O)[C@H](NC(=O)CC(C)C)C(C)C)c1ccccc1. The lowest BCUT2D eigenvalue weighted by Gasteiger charge is -2.31. The second-order valence-electron chi connectivity index (χ2n) is 13.5. The Kier molecular flexibility index (Phi) is 16.9. The van der Waals surface area contributed by atoms with Crippen molar-refractivity contribution < 1.29 is 29.1 Å². The van der Waals surface area contributed by atoms with Crippen LogP contribution in [0.5, 0.6) is 0 Å². The Hall–Kier alpha value is -3.27. The fraction of sp³-hybridized carbons (Fsp3) is 0.676. The van der Waals surface area contributed by atoms with Crippen molar-refractivity contribution in [3.8, 4) is 0 Å². The van der Waals surface area contributed by atoms with Gasteiger partial charge in [-0.2, -0.15) is 0 Å². The summed E-state index contributed by atoms with van der Waals surface area (Å²) in [7, 11) is 0. The van der Waals surface area contributed by atoms with E-state index in [-0.39, 0.29) is 36.5 Å². The molecule has 248 valence electrons. The van der Waals surface area contributed by atoms with Gasteiger partial charge in [-0.05, 0) is 55.4 Å². The number of rotatable bonds is 18. The van der Waals surface area contributed by atoms with Crippen molar-refractivity contribution in [1.29, 1.82) is 0 Å². The minimum atomic E-state index is -1.11. The van der Waals surface area contributed by atoms with E-state index in [4.69, 9.17) is 0 Å². The number of benzene rings is 1. The van der Waals surface area contributed by atoms with E-state index in [1.807, 2.05) is 61.5 Å². The minimum absolute atomic E-state index is 0.0266. The molecule has 0 aliphatic carbocycles. The summed E-state index contributed by atoms with van der Waals surface area (Å²) in [5, 5.41) is 22.3. The predicted octanol–water partition coefficient (Wildman–Crippen LogP) is 3.82. The van der Waals surface area contributed by atoms with Crippen molar-refractivity contribution in [3.63, 3.8) is 0 Å². The molecule has 0 saturated carbocycles. The molecule has 0 radical (unpaired) electrons. The van der Waals surface area contributed by atoms with Crippen LogP contribution in [0.1, 0.15) is 106 Å². The Bertz CT molecular complexity index is 1070. The Morgan fingerprint density at radius 3 is 1.82 bits per heavy atom. The van der Waals surface area contributed by atoms with E-state index < -0.39 is 53.8 Å². The zero-order chi connectivity index (χ0) is 33.6. The summed E-state index contributed by atoms with van der Waals surface area (Å²) in [5.41, 5.74) is 0.639. The number of aliphatic hydroxyl groups excluding tert-OH is 1. The highest BCUT2D eigenvalue weighted by molar-refractivity contribution is 5.99. The van der Waals surface area contributed by atoms with E-state index in [1.165, 1.54) is 6.92 Å². The summed E-state index contributed by atoms with van der Waals surface area (Å²) in [6, 6.07) is 6.47. The maximum absolute atomic E-state index is 13.5. The normalized spacial score (nSPS) is 15.0. The summed E-state index contributed by atoms with van der Waals surface area (Å²) < 4.78 is 0. The van der Waals surface area contributed by atoms with E-state index in [2.05, 4.69) is 21.3 Å². The zero-order valence-corrected chi connectivity index (χ0v) is 28.1. The van der Waals surface area contributed by atoms with Gasteiger partial charge in [-0.1, -0.05) is 85.7 Å². The van der Waals surface area contributed by atoms with Gasteiger partial charge in [0.2, 0.25) is 29.5 Å². The van der Waals surface area contributed by atoms with Crippen molar-refractivity contribution in [2.24, 2.45) is 23.7 Å². The maximum Gasteiger partial charge on any atom is 0.248 e. The Morgan fingerprint density at radius 1 is 0.682 bits per heavy atom. The molecule has 0 aliphatic rings. The van der Waals surface area contributed by atoms with Gasteiger partial charge in [-0.3, -0.25) is 29.3 Å². The van der Waals surface area contributed by atoms with Crippen molar-refractivity contribution in [3.05, 3.63) is 35.9 Å². The molecule has 0 fully saturated rings. The number of aliphatic hydroxyl groups is 1. The standard InChI is InChI=1S/C34H56N4O6/c1-20(2)15-16-29(40)38-32(42)24(9)35-33(43)26(25-13-11-10-12-14-25)19-28(39)27(17-21(3)4)36-34(44)31(23(7)8)37-30(41)18-22(5)6/h10-14,20-24,26-28,31,39H,15-19H2,1-9H3,(H,35,43)(H,36,44)(H,37,41)(H,38,40,42)/t24-,26-,27+,28?,31+/m0/s1. The topological polar surface area (TPSA) is 154 Å². The minimum Gasteiger partial charge on any atom is -0.391 e.